The van der Waals surface area contributed by atoms with Gasteiger partial charge in [-0.05, 0) is 37.5 Å². The van der Waals surface area contributed by atoms with Crippen LogP contribution in [-0.2, 0) is 13.0 Å². The highest BCUT2D eigenvalue weighted by Crippen LogP contribution is 2.17. The van der Waals surface area contributed by atoms with Crippen molar-refractivity contribution in [2.75, 3.05) is 26.2 Å². The molecule has 0 bridgehead atoms. The van der Waals surface area contributed by atoms with E-state index in [1.54, 1.807) is 15.9 Å². The van der Waals surface area contributed by atoms with Gasteiger partial charge >= 0.3 is 0 Å². The molecule has 136 valence electrons. The molecule has 0 aromatic carbocycles. The number of piperazine rings is 1. The number of carbonyl (C=O) groups is 2. The zero-order valence-corrected chi connectivity index (χ0v) is 14.5. The van der Waals surface area contributed by atoms with E-state index in [0.29, 0.717) is 31.9 Å². The Balaban J connectivity index is 1.41. The quantitative estimate of drug-likeness (QED) is 0.849. The first-order chi connectivity index (χ1) is 12.6. The minimum Gasteiger partial charge on any atom is -0.335 e. The lowest BCUT2D eigenvalue weighted by atomic mass is 10.1. The first-order valence-corrected chi connectivity index (χ1v) is 8.96. The van der Waals surface area contributed by atoms with Crippen molar-refractivity contribution < 1.29 is 9.59 Å². The van der Waals surface area contributed by atoms with E-state index in [1.165, 1.54) is 12.3 Å². The van der Waals surface area contributed by atoms with Crippen molar-refractivity contribution in [2.45, 2.75) is 25.8 Å². The van der Waals surface area contributed by atoms with Crippen molar-refractivity contribution in [3.05, 3.63) is 51.7 Å². The molecular weight excluding hydrogens is 334 g/mol. The molecule has 2 amide bonds. The van der Waals surface area contributed by atoms with Crippen LogP contribution in [-0.4, -0.2) is 62.6 Å². The molecule has 0 unspecified atom stereocenters. The van der Waals surface area contributed by atoms with Crippen LogP contribution in [0.5, 0.6) is 0 Å². The predicted molar refractivity (Wildman–Crippen MR) is 94.0 cm³/mol. The summed E-state index contributed by atoms with van der Waals surface area (Å²) in [5, 5.41) is 4.44. The second kappa shape index (κ2) is 6.78. The fourth-order valence-electron chi connectivity index (χ4n) is 3.56. The Morgan fingerprint density at radius 2 is 1.73 bits per heavy atom. The summed E-state index contributed by atoms with van der Waals surface area (Å²) in [5.74, 6) is -0.382. The highest BCUT2D eigenvalue weighted by Gasteiger charge is 2.28. The van der Waals surface area contributed by atoms with Gasteiger partial charge in [-0.1, -0.05) is 0 Å². The van der Waals surface area contributed by atoms with Crippen molar-refractivity contribution in [3.8, 4) is 0 Å². The van der Waals surface area contributed by atoms with E-state index in [9.17, 15) is 14.4 Å². The van der Waals surface area contributed by atoms with Crippen LogP contribution in [0.2, 0.25) is 0 Å². The maximum absolute atomic E-state index is 12.7. The number of aryl methyl sites for hydroxylation is 2. The number of nitrogens with one attached hydrogen (secondary N) is 1. The predicted octanol–water partition coefficient (Wildman–Crippen LogP) is 0.506. The lowest BCUT2D eigenvalue weighted by Crippen LogP contribution is -2.51. The second-order valence-electron chi connectivity index (χ2n) is 6.70. The van der Waals surface area contributed by atoms with Crippen LogP contribution in [0.3, 0.4) is 0 Å². The maximum Gasteiger partial charge on any atom is 0.274 e. The number of pyridine rings is 1. The summed E-state index contributed by atoms with van der Waals surface area (Å²) in [6.45, 7) is 2.57. The van der Waals surface area contributed by atoms with Gasteiger partial charge in [0, 0.05) is 44.6 Å². The van der Waals surface area contributed by atoms with E-state index in [-0.39, 0.29) is 22.9 Å². The fraction of sp³-hybridized carbons (Fsp3) is 0.444. The molecule has 0 spiro atoms. The molecule has 8 heteroatoms. The van der Waals surface area contributed by atoms with Crippen LogP contribution in [0.4, 0.5) is 0 Å². The average molecular weight is 355 g/mol. The van der Waals surface area contributed by atoms with E-state index in [4.69, 9.17) is 0 Å². The summed E-state index contributed by atoms with van der Waals surface area (Å²) in [7, 11) is 0. The molecule has 2 aromatic rings. The van der Waals surface area contributed by atoms with Crippen LogP contribution in [0.25, 0.3) is 0 Å². The molecule has 4 rings (SSSR count). The lowest BCUT2D eigenvalue weighted by molar-refractivity contribution is 0.0531. The maximum atomic E-state index is 12.7. The first-order valence-electron chi connectivity index (χ1n) is 8.96. The summed E-state index contributed by atoms with van der Waals surface area (Å²) < 4.78 is 1.93. The Hall–Kier alpha value is -2.90. The lowest BCUT2D eigenvalue weighted by Gasteiger charge is -2.34. The number of nitrogens with zero attached hydrogens (tertiary/aromatic N) is 4. The van der Waals surface area contributed by atoms with Crippen molar-refractivity contribution in [2.24, 2.45) is 0 Å². The van der Waals surface area contributed by atoms with Gasteiger partial charge in [-0.2, -0.15) is 5.10 Å². The SMILES string of the molecule is O=C(c1cc2n(n1)CCCC2)N1CCN(C(=O)c2ccc[nH]c2=O)CC1. The zero-order valence-electron chi connectivity index (χ0n) is 14.5. The number of fused-ring (bicyclic) bond motifs is 1. The van der Waals surface area contributed by atoms with Gasteiger partial charge in [0.25, 0.3) is 17.4 Å². The van der Waals surface area contributed by atoms with Gasteiger partial charge in [-0.3, -0.25) is 19.1 Å². The molecule has 2 aromatic heterocycles. The third-order valence-corrected chi connectivity index (χ3v) is 5.04. The molecule has 0 atom stereocenters. The number of hydrogen-bond acceptors (Lipinski definition) is 4. The standard InChI is InChI=1S/C18H21N5O3/c24-16-14(5-3-6-19-16)17(25)21-8-10-22(11-9-21)18(26)15-12-13-4-1-2-7-23(13)20-15/h3,5-6,12H,1-2,4,7-11H2,(H,19,24). The summed E-state index contributed by atoms with van der Waals surface area (Å²) in [6.07, 6.45) is 4.70. The normalized spacial score (nSPS) is 17.1. The Morgan fingerprint density at radius 1 is 1.00 bits per heavy atom. The van der Waals surface area contributed by atoms with Crippen molar-refractivity contribution >= 4 is 11.8 Å². The summed E-state index contributed by atoms with van der Waals surface area (Å²) in [6, 6.07) is 5.05. The monoisotopic (exact) mass is 355 g/mol. The molecule has 0 saturated carbocycles. The molecule has 26 heavy (non-hydrogen) atoms. The van der Waals surface area contributed by atoms with Gasteiger partial charge in [0.1, 0.15) is 5.56 Å². The van der Waals surface area contributed by atoms with Gasteiger partial charge < -0.3 is 14.8 Å². The van der Waals surface area contributed by atoms with E-state index < -0.39 is 0 Å². The van der Waals surface area contributed by atoms with Gasteiger partial charge in [0.05, 0.1) is 0 Å². The van der Waals surface area contributed by atoms with Gasteiger partial charge in [0.15, 0.2) is 5.69 Å². The topological polar surface area (TPSA) is 91.3 Å². The third-order valence-electron chi connectivity index (χ3n) is 5.04. The number of H-pyrrole nitrogens is 1. The van der Waals surface area contributed by atoms with Crippen molar-refractivity contribution in [1.29, 1.82) is 0 Å². The average Bonchev–Trinajstić information content (AvgIpc) is 3.11. The Kier molecular flexibility index (Phi) is 4.32. The Morgan fingerprint density at radius 3 is 2.42 bits per heavy atom. The van der Waals surface area contributed by atoms with E-state index in [2.05, 4.69) is 10.1 Å². The Labute approximate surface area is 150 Å². The molecule has 1 N–H and O–H groups in total. The van der Waals surface area contributed by atoms with E-state index in [1.807, 2.05) is 10.7 Å². The number of amides is 2. The molecular formula is C18H21N5O3. The summed E-state index contributed by atoms with van der Waals surface area (Å²) in [4.78, 5) is 42.8. The van der Waals surface area contributed by atoms with Crippen LogP contribution >= 0.6 is 0 Å². The Bertz CT molecular complexity index is 869. The minimum absolute atomic E-state index is 0.0865. The molecule has 8 nitrogen and oxygen atoms in total. The smallest absolute Gasteiger partial charge is 0.274 e. The van der Waals surface area contributed by atoms with Crippen molar-refractivity contribution in [3.63, 3.8) is 0 Å². The third kappa shape index (κ3) is 3.02. The van der Waals surface area contributed by atoms with Crippen molar-refractivity contribution in [1.82, 2.24) is 24.6 Å². The molecule has 0 aliphatic carbocycles. The number of aromatic amines is 1. The second-order valence-corrected chi connectivity index (χ2v) is 6.70. The minimum atomic E-state index is -0.389. The largest absolute Gasteiger partial charge is 0.335 e. The van der Waals surface area contributed by atoms with Crippen LogP contribution in [0.1, 0.15) is 39.4 Å². The number of aromatic nitrogens is 3. The molecule has 2 aliphatic rings. The molecule has 1 fully saturated rings. The molecule has 1 saturated heterocycles. The van der Waals surface area contributed by atoms with Gasteiger partial charge in [0.2, 0.25) is 0 Å². The molecule has 2 aliphatic heterocycles. The fourth-order valence-corrected chi connectivity index (χ4v) is 3.56. The van der Waals surface area contributed by atoms with Crippen LogP contribution in [0, 0.1) is 0 Å². The van der Waals surface area contributed by atoms with Crippen LogP contribution < -0.4 is 5.56 Å². The van der Waals surface area contributed by atoms with E-state index in [0.717, 1.165) is 31.5 Å². The molecule has 0 radical (unpaired) electrons. The molecule has 4 heterocycles. The first kappa shape index (κ1) is 16.6. The highest BCUT2D eigenvalue weighted by atomic mass is 16.2. The summed E-state index contributed by atoms with van der Waals surface area (Å²) in [5.41, 5.74) is 1.35. The van der Waals surface area contributed by atoms with E-state index >= 15 is 0 Å². The number of hydrogen-bond donors (Lipinski definition) is 1. The highest BCUT2D eigenvalue weighted by molar-refractivity contribution is 5.95. The summed E-state index contributed by atoms with van der Waals surface area (Å²) >= 11 is 0. The number of rotatable bonds is 2. The van der Waals surface area contributed by atoms with Gasteiger partial charge in [-0.25, -0.2) is 0 Å². The van der Waals surface area contributed by atoms with Gasteiger partial charge in [-0.15, -0.1) is 0 Å². The number of carbonyl (C=O) groups excluding carboxylic acids is 2. The van der Waals surface area contributed by atoms with Crippen LogP contribution in [0.15, 0.2) is 29.2 Å². The zero-order chi connectivity index (χ0) is 18.1.